The van der Waals surface area contributed by atoms with Crippen molar-refractivity contribution >= 4 is 34.3 Å². The third-order valence-electron chi connectivity index (χ3n) is 6.14. The molecule has 5 rings (SSSR count). The average Bonchev–Trinajstić information content (AvgIpc) is 3.25. The van der Waals surface area contributed by atoms with Crippen LogP contribution in [0.4, 0.5) is 5.69 Å². The number of aromatic amines is 1. The number of aromatic nitrogens is 1. The molecule has 0 spiro atoms. The number of H-pyrrole nitrogens is 1. The second-order valence-corrected chi connectivity index (χ2v) is 8.66. The number of anilines is 1. The molecule has 1 unspecified atom stereocenters. The minimum Gasteiger partial charge on any atom is -0.489 e. The van der Waals surface area contributed by atoms with Crippen molar-refractivity contribution in [3.05, 3.63) is 95.7 Å². The number of hydrogen-bond acceptors (Lipinski definition) is 4. The molecule has 0 fully saturated rings. The van der Waals surface area contributed by atoms with Crippen LogP contribution in [0.1, 0.15) is 27.9 Å². The summed E-state index contributed by atoms with van der Waals surface area (Å²) in [5.41, 5.74) is 3.94. The van der Waals surface area contributed by atoms with Gasteiger partial charge in [0, 0.05) is 23.6 Å². The molecule has 1 aliphatic rings. The molecule has 0 saturated carbocycles. The number of amides is 3. The molecule has 4 aromatic rings. The smallest absolute Gasteiger partial charge is 0.254 e. The van der Waals surface area contributed by atoms with Crippen LogP contribution in [-0.2, 0) is 22.6 Å². The summed E-state index contributed by atoms with van der Waals surface area (Å²) in [5.74, 6) is -0.338. The molecule has 0 radical (unpaired) electrons. The molecule has 1 atom stereocenters. The van der Waals surface area contributed by atoms with Crippen molar-refractivity contribution in [2.45, 2.75) is 25.5 Å². The summed E-state index contributed by atoms with van der Waals surface area (Å²) in [4.78, 5) is 40.8. The fraction of sp³-hybridized carbons (Fsp3) is 0.179. The van der Waals surface area contributed by atoms with Crippen molar-refractivity contribution < 1.29 is 19.1 Å². The highest BCUT2D eigenvalue weighted by Gasteiger charge is 2.29. The highest BCUT2D eigenvalue weighted by Crippen LogP contribution is 2.25. The van der Waals surface area contributed by atoms with E-state index < -0.39 is 11.9 Å². The Kier molecular flexibility index (Phi) is 6.66. The number of carbonyl (C=O) groups is 3. The van der Waals surface area contributed by atoms with E-state index in [-0.39, 0.29) is 18.2 Å². The van der Waals surface area contributed by atoms with Crippen molar-refractivity contribution in [1.29, 1.82) is 0 Å². The summed E-state index contributed by atoms with van der Waals surface area (Å²) in [7, 11) is 0. The van der Waals surface area contributed by atoms with Crippen molar-refractivity contribution in [3.63, 3.8) is 0 Å². The number of ether oxygens (including phenoxy) is 1. The maximum absolute atomic E-state index is 12.5. The lowest BCUT2D eigenvalue weighted by molar-refractivity contribution is -0.125. The average molecular weight is 483 g/mol. The van der Waals surface area contributed by atoms with Crippen LogP contribution in [0.15, 0.2) is 79.0 Å². The van der Waals surface area contributed by atoms with E-state index in [4.69, 9.17) is 4.74 Å². The first kappa shape index (κ1) is 23.2. The van der Waals surface area contributed by atoms with Gasteiger partial charge >= 0.3 is 0 Å². The minimum absolute atomic E-state index is 0.142. The van der Waals surface area contributed by atoms with Gasteiger partial charge in [-0.1, -0.05) is 42.5 Å². The molecule has 1 aliphatic heterocycles. The first-order chi connectivity index (χ1) is 17.6. The van der Waals surface area contributed by atoms with Gasteiger partial charge in [-0.15, -0.1) is 0 Å². The van der Waals surface area contributed by atoms with Crippen LogP contribution >= 0.6 is 0 Å². The Balaban J connectivity index is 1.16. The molecule has 1 aromatic heterocycles. The number of rotatable bonds is 8. The third-order valence-corrected chi connectivity index (χ3v) is 6.14. The molecular formula is C28H26N4O4. The van der Waals surface area contributed by atoms with Crippen molar-refractivity contribution in [2.75, 3.05) is 11.9 Å². The van der Waals surface area contributed by atoms with Crippen molar-refractivity contribution in [2.24, 2.45) is 0 Å². The van der Waals surface area contributed by atoms with Gasteiger partial charge < -0.3 is 25.7 Å². The molecule has 8 nitrogen and oxygen atoms in total. The zero-order chi connectivity index (χ0) is 24.9. The van der Waals surface area contributed by atoms with Gasteiger partial charge in [0.15, 0.2) is 0 Å². The molecule has 4 N–H and O–H groups in total. The Hall–Kier alpha value is -4.59. The molecular weight excluding hydrogens is 456 g/mol. The predicted molar refractivity (Wildman–Crippen MR) is 137 cm³/mol. The fourth-order valence-electron chi connectivity index (χ4n) is 4.24. The van der Waals surface area contributed by atoms with Gasteiger partial charge in [0.05, 0.1) is 17.7 Å². The summed E-state index contributed by atoms with van der Waals surface area (Å²) in [5, 5.41) is 9.24. The van der Waals surface area contributed by atoms with Gasteiger partial charge in [0.1, 0.15) is 18.4 Å². The minimum atomic E-state index is -0.942. The largest absolute Gasteiger partial charge is 0.489 e. The van der Waals surface area contributed by atoms with E-state index in [0.29, 0.717) is 30.8 Å². The highest BCUT2D eigenvalue weighted by atomic mass is 16.5. The maximum Gasteiger partial charge on any atom is 0.254 e. The van der Waals surface area contributed by atoms with Crippen LogP contribution in [0, 0.1) is 0 Å². The van der Waals surface area contributed by atoms with Crippen LogP contribution in [0.5, 0.6) is 5.75 Å². The van der Waals surface area contributed by atoms with Gasteiger partial charge in [0.25, 0.3) is 5.91 Å². The van der Waals surface area contributed by atoms with Crippen LogP contribution in [0.25, 0.3) is 10.9 Å². The number of benzene rings is 3. The summed E-state index contributed by atoms with van der Waals surface area (Å²) in [6, 6.07) is 21.7. The summed E-state index contributed by atoms with van der Waals surface area (Å²) in [6.07, 6.45) is 2.38. The molecule has 182 valence electrons. The van der Waals surface area contributed by atoms with Gasteiger partial charge in [-0.25, -0.2) is 0 Å². The number of para-hydroxylation sites is 1. The maximum atomic E-state index is 12.5. The highest BCUT2D eigenvalue weighted by molar-refractivity contribution is 6.10. The standard InChI is InChI=1S/C28H26N4O4/c33-26(15-25-28(35)31-24-9-5-4-8-21(24)27(34)32-25)29-13-12-19-16-30-23-11-10-20(14-22(19)23)36-17-18-6-2-1-3-7-18/h1-11,14,16,25,30H,12-13,15,17H2,(H,29,33)(H,31,35)(H,32,34). The summed E-state index contributed by atoms with van der Waals surface area (Å²) in [6.45, 7) is 0.877. The fourth-order valence-corrected chi connectivity index (χ4v) is 4.24. The number of fused-ring (bicyclic) bond motifs is 2. The number of carbonyl (C=O) groups excluding carboxylic acids is 3. The first-order valence-electron chi connectivity index (χ1n) is 11.8. The van der Waals surface area contributed by atoms with Crippen LogP contribution in [-0.4, -0.2) is 35.3 Å². The lowest BCUT2D eigenvalue weighted by Crippen LogP contribution is -2.44. The molecule has 8 heteroatoms. The second kappa shape index (κ2) is 10.4. The van der Waals surface area contributed by atoms with E-state index in [0.717, 1.165) is 27.8 Å². The Labute approximate surface area is 208 Å². The Bertz CT molecular complexity index is 1410. The first-order valence-corrected chi connectivity index (χ1v) is 11.8. The normalized spacial score (nSPS) is 14.9. The predicted octanol–water partition coefficient (Wildman–Crippen LogP) is 3.55. The van der Waals surface area contributed by atoms with E-state index in [1.54, 1.807) is 24.3 Å². The molecule has 3 amide bonds. The van der Waals surface area contributed by atoms with Crippen LogP contribution in [0.3, 0.4) is 0 Å². The molecule has 2 heterocycles. The Morgan fingerprint density at radius 2 is 1.78 bits per heavy atom. The molecule has 3 aromatic carbocycles. The lowest BCUT2D eigenvalue weighted by atomic mass is 10.1. The van der Waals surface area contributed by atoms with Gasteiger partial charge in [0.2, 0.25) is 11.8 Å². The molecule has 0 aliphatic carbocycles. The lowest BCUT2D eigenvalue weighted by Gasteiger charge is -2.14. The SMILES string of the molecule is O=C(CC1NC(=O)c2ccccc2NC1=O)NCCc1c[nH]c2ccc(OCc3ccccc3)cc12. The topological polar surface area (TPSA) is 112 Å². The van der Waals surface area contributed by atoms with Crippen molar-refractivity contribution in [1.82, 2.24) is 15.6 Å². The van der Waals surface area contributed by atoms with E-state index in [9.17, 15) is 14.4 Å². The third kappa shape index (κ3) is 5.22. The summed E-state index contributed by atoms with van der Waals surface area (Å²) < 4.78 is 5.95. The Morgan fingerprint density at radius 1 is 0.972 bits per heavy atom. The zero-order valence-corrected chi connectivity index (χ0v) is 19.5. The van der Waals surface area contributed by atoms with Gasteiger partial charge in [-0.3, -0.25) is 14.4 Å². The van der Waals surface area contributed by atoms with E-state index in [1.807, 2.05) is 54.7 Å². The van der Waals surface area contributed by atoms with Crippen LogP contribution in [0.2, 0.25) is 0 Å². The van der Waals surface area contributed by atoms with E-state index in [2.05, 4.69) is 20.9 Å². The van der Waals surface area contributed by atoms with Gasteiger partial charge in [-0.2, -0.15) is 0 Å². The molecule has 0 saturated heterocycles. The van der Waals surface area contributed by atoms with Crippen LogP contribution < -0.4 is 20.7 Å². The summed E-state index contributed by atoms with van der Waals surface area (Å²) >= 11 is 0. The molecule has 36 heavy (non-hydrogen) atoms. The number of nitrogens with one attached hydrogen (secondary N) is 4. The molecule has 0 bridgehead atoms. The number of hydrogen-bond donors (Lipinski definition) is 4. The van der Waals surface area contributed by atoms with Gasteiger partial charge in [-0.05, 0) is 47.9 Å². The zero-order valence-electron chi connectivity index (χ0n) is 19.5. The van der Waals surface area contributed by atoms with E-state index in [1.165, 1.54) is 0 Å². The van der Waals surface area contributed by atoms with E-state index >= 15 is 0 Å². The second-order valence-electron chi connectivity index (χ2n) is 8.66. The quantitative estimate of drug-likeness (QED) is 0.308. The Morgan fingerprint density at radius 3 is 2.64 bits per heavy atom. The van der Waals surface area contributed by atoms with Crippen molar-refractivity contribution in [3.8, 4) is 5.75 Å². The monoisotopic (exact) mass is 482 g/mol.